The third-order valence-corrected chi connectivity index (χ3v) is 6.43. The van der Waals surface area contributed by atoms with Crippen molar-refractivity contribution in [2.24, 2.45) is 0 Å². The predicted octanol–water partition coefficient (Wildman–Crippen LogP) is 4.74. The number of ether oxygens (including phenoxy) is 2. The van der Waals surface area contributed by atoms with Crippen molar-refractivity contribution in [1.82, 2.24) is 9.88 Å². The van der Waals surface area contributed by atoms with E-state index in [2.05, 4.69) is 9.88 Å². The standard InChI is InChI=1S/C26H26F2N2O3S/c27-22-3-1-2-20(16-22)18-34-25(31)17-19-4-6-21(7-5-19)23-8-9-24(29-26(23)28)33-15-12-30-10-13-32-14-11-30/h1-9,16H,10-15,17-18H2. The highest BCUT2D eigenvalue weighted by molar-refractivity contribution is 8.12. The van der Waals surface area contributed by atoms with Crippen LogP contribution in [-0.2, 0) is 21.7 Å². The molecule has 1 aromatic heterocycles. The molecular weight excluding hydrogens is 458 g/mol. The van der Waals surface area contributed by atoms with Gasteiger partial charge in [-0.1, -0.05) is 48.2 Å². The number of benzene rings is 2. The van der Waals surface area contributed by atoms with Gasteiger partial charge in [0.15, 0.2) is 5.12 Å². The van der Waals surface area contributed by atoms with Gasteiger partial charge in [0.05, 0.1) is 13.2 Å². The second kappa shape index (κ2) is 12.1. The zero-order valence-electron chi connectivity index (χ0n) is 18.7. The fourth-order valence-corrected chi connectivity index (χ4v) is 4.40. The normalized spacial score (nSPS) is 14.2. The van der Waals surface area contributed by atoms with E-state index in [1.54, 1.807) is 36.4 Å². The van der Waals surface area contributed by atoms with E-state index in [1.807, 2.05) is 12.1 Å². The highest BCUT2D eigenvalue weighted by atomic mass is 32.2. The van der Waals surface area contributed by atoms with Gasteiger partial charge in [0.2, 0.25) is 11.8 Å². The lowest BCUT2D eigenvalue weighted by Gasteiger charge is -2.26. The Hall–Kier alpha value is -2.81. The number of thioether (sulfide) groups is 1. The first-order valence-electron chi connectivity index (χ1n) is 11.2. The smallest absolute Gasteiger partial charge is 0.224 e. The predicted molar refractivity (Wildman–Crippen MR) is 129 cm³/mol. The lowest BCUT2D eigenvalue weighted by atomic mass is 10.0. The van der Waals surface area contributed by atoms with Crippen molar-refractivity contribution in [1.29, 1.82) is 0 Å². The molecule has 8 heteroatoms. The van der Waals surface area contributed by atoms with Crippen LogP contribution in [0.5, 0.6) is 5.88 Å². The third kappa shape index (κ3) is 7.09. The summed E-state index contributed by atoms with van der Waals surface area (Å²) in [5.41, 5.74) is 2.65. The average Bonchev–Trinajstić information content (AvgIpc) is 2.84. The van der Waals surface area contributed by atoms with Crippen molar-refractivity contribution in [3.8, 4) is 17.0 Å². The van der Waals surface area contributed by atoms with Gasteiger partial charge < -0.3 is 9.47 Å². The van der Waals surface area contributed by atoms with Crippen molar-refractivity contribution in [2.75, 3.05) is 39.5 Å². The summed E-state index contributed by atoms with van der Waals surface area (Å²) in [4.78, 5) is 18.5. The monoisotopic (exact) mass is 484 g/mol. The SMILES string of the molecule is O=C(Cc1ccc(-c2ccc(OCCN3CCOCC3)nc2F)cc1)SCc1cccc(F)c1. The first-order chi connectivity index (χ1) is 16.6. The van der Waals surface area contributed by atoms with Gasteiger partial charge in [-0.05, 0) is 34.9 Å². The topological polar surface area (TPSA) is 51.7 Å². The summed E-state index contributed by atoms with van der Waals surface area (Å²) in [6.07, 6.45) is 0.247. The number of pyridine rings is 1. The molecule has 3 aromatic rings. The maximum absolute atomic E-state index is 14.6. The minimum Gasteiger partial charge on any atom is -0.476 e. The van der Waals surface area contributed by atoms with Gasteiger partial charge in [-0.2, -0.15) is 9.37 Å². The maximum Gasteiger partial charge on any atom is 0.224 e. The van der Waals surface area contributed by atoms with Crippen LogP contribution in [0.15, 0.2) is 60.7 Å². The minimum absolute atomic E-state index is 0.0107. The Morgan fingerprint density at radius 1 is 1.03 bits per heavy atom. The van der Waals surface area contributed by atoms with Crippen molar-refractivity contribution in [2.45, 2.75) is 12.2 Å². The van der Waals surface area contributed by atoms with Crippen molar-refractivity contribution in [3.63, 3.8) is 0 Å². The lowest BCUT2D eigenvalue weighted by Crippen LogP contribution is -2.38. The van der Waals surface area contributed by atoms with Crippen molar-refractivity contribution >= 4 is 16.9 Å². The number of rotatable bonds is 9. The van der Waals surface area contributed by atoms with Gasteiger partial charge in [0, 0.05) is 43.4 Å². The molecule has 0 radical (unpaired) electrons. The molecule has 0 saturated carbocycles. The zero-order valence-corrected chi connectivity index (χ0v) is 19.5. The van der Waals surface area contributed by atoms with Crippen LogP contribution in [0.4, 0.5) is 8.78 Å². The molecule has 5 nitrogen and oxygen atoms in total. The quantitative estimate of drug-likeness (QED) is 0.409. The molecule has 1 saturated heterocycles. The molecular formula is C26H26F2N2O3S. The first kappa shape index (κ1) is 24.3. The van der Waals surface area contributed by atoms with Gasteiger partial charge in [-0.15, -0.1) is 0 Å². The van der Waals surface area contributed by atoms with Crippen molar-refractivity contribution < 1.29 is 23.0 Å². The largest absolute Gasteiger partial charge is 0.476 e. The van der Waals surface area contributed by atoms with Gasteiger partial charge >= 0.3 is 0 Å². The highest BCUT2D eigenvalue weighted by Crippen LogP contribution is 2.25. The van der Waals surface area contributed by atoms with Crippen LogP contribution in [0, 0.1) is 11.8 Å². The van der Waals surface area contributed by atoms with E-state index in [4.69, 9.17) is 9.47 Å². The van der Waals surface area contributed by atoms with E-state index in [9.17, 15) is 13.6 Å². The molecule has 0 unspecified atom stereocenters. The van der Waals surface area contributed by atoms with Crippen LogP contribution >= 0.6 is 11.8 Å². The number of hydrogen-bond acceptors (Lipinski definition) is 6. The average molecular weight is 485 g/mol. The molecule has 0 spiro atoms. The third-order valence-electron chi connectivity index (χ3n) is 5.49. The van der Waals surface area contributed by atoms with Crippen LogP contribution in [0.25, 0.3) is 11.1 Å². The molecule has 4 rings (SSSR count). The van der Waals surface area contributed by atoms with Gasteiger partial charge in [-0.25, -0.2) is 4.39 Å². The Bertz CT molecular complexity index is 1110. The summed E-state index contributed by atoms with van der Waals surface area (Å²) in [5, 5.41) is -0.0107. The zero-order chi connectivity index (χ0) is 23.8. The van der Waals surface area contributed by atoms with Crippen LogP contribution in [0.1, 0.15) is 11.1 Å². The fraction of sp³-hybridized carbons (Fsp3) is 0.308. The maximum atomic E-state index is 14.6. The van der Waals surface area contributed by atoms with E-state index in [-0.39, 0.29) is 23.2 Å². The number of hydrogen-bond donors (Lipinski definition) is 0. The Morgan fingerprint density at radius 3 is 2.56 bits per heavy atom. The second-order valence-electron chi connectivity index (χ2n) is 7.95. The minimum atomic E-state index is -0.599. The Labute approximate surface area is 202 Å². The van der Waals surface area contributed by atoms with Crippen LogP contribution < -0.4 is 4.74 Å². The number of carbonyl (C=O) groups excluding carboxylic acids is 1. The molecule has 0 atom stereocenters. The van der Waals surface area contributed by atoms with E-state index < -0.39 is 5.95 Å². The molecule has 0 N–H and O–H groups in total. The molecule has 1 fully saturated rings. The molecule has 0 bridgehead atoms. The van der Waals surface area contributed by atoms with Gasteiger partial charge in [-0.3, -0.25) is 9.69 Å². The van der Waals surface area contributed by atoms with E-state index in [0.29, 0.717) is 23.5 Å². The van der Waals surface area contributed by atoms with Crippen molar-refractivity contribution in [3.05, 3.63) is 83.6 Å². The number of aromatic nitrogens is 1. The van der Waals surface area contributed by atoms with Gasteiger partial charge in [0.25, 0.3) is 0 Å². The molecule has 178 valence electrons. The number of halogens is 2. The summed E-state index contributed by atoms with van der Waals surface area (Å²) in [6, 6.07) is 16.7. The summed E-state index contributed by atoms with van der Waals surface area (Å²) < 4.78 is 38.8. The van der Waals surface area contributed by atoms with E-state index >= 15 is 0 Å². The fourth-order valence-electron chi connectivity index (χ4n) is 3.63. The number of carbonyl (C=O) groups is 1. The molecule has 34 heavy (non-hydrogen) atoms. The summed E-state index contributed by atoms with van der Waals surface area (Å²) in [5.74, 6) is -0.229. The molecule has 0 aliphatic carbocycles. The van der Waals surface area contributed by atoms with Crippen LogP contribution in [0.3, 0.4) is 0 Å². The second-order valence-corrected chi connectivity index (χ2v) is 8.99. The molecule has 0 amide bonds. The van der Waals surface area contributed by atoms with Crippen LogP contribution in [0.2, 0.25) is 0 Å². The first-order valence-corrected chi connectivity index (χ1v) is 12.1. The summed E-state index contributed by atoms with van der Waals surface area (Å²) in [6.45, 7) is 4.38. The number of morpholine rings is 1. The Kier molecular flexibility index (Phi) is 8.62. The Morgan fingerprint density at radius 2 is 1.82 bits per heavy atom. The van der Waals surface area contributed by atoms with Crippen LogP contribution in [-0.4, -0.2) is 54.5 Å². The number of nitrogens with zero attached hydrogens (tertiary/aromatic N) is 2. The molecule has 2 heterocycles. The molecule has 2 aromatic carbocycles. The van der Waals surface area contributed by atoms with Gasteiger partial charge in [0.1, 0.15) is 12.4 Å². The Balaban J connectivity index is 1.28. The molecule has 1 aliphatic rings. The lowest BCUT2D eigenvalue weighted by molar-refractivity contribution is -0.110. The molecule has 1 aliphatic heterocycles. The highest BCUT2D eigenvalue weighted by Gasteiger charge is 2.12. The van der Waals surface area contributed by atoms with E-state index in [1.165, 1.54) is 12.1 Å². The summed E-state index contributed by atoms with van der Waals surface area (Å²) in [7, 11) is 0. The summed E-state index contributed by atoms with van der Waals surface area (Å²) >= 11 is 1.15. The van der Waals surface area contributed by atoms with E-state index in [0.717, 1.165) is 55.7 Å².